The molecule has 0 bridgehead atoms. The van der Waals surface area contributed by atoms with E-state index in [2.05, 4.69) is 9.72 Å². The van der Waals surface area contributed by atoms with Gasteiger partial charge in [-0.3, -0.25) is 0 Å². The minimum atomic E-state index is -4.33. The van der Waals surface area contributed by atoms with Crippen LogP contribution in [0, 0.1) is 0 Å². The molecule has 0 saturated carbocycles. The predicted molar refractivity (Wildman–Crippen MR) is 46.3 cm³/mol. The first-order valence-corrected chi connectivity index (χ1v) is 4.61. The molecule has 7 heteroatoms. The number of hydrogen-bond acceptors (Lipinski definition) is 4. The molecule has 0 fully saturated rings. The lowest BCUT2D eigenvalue weighted by atomic mass is 10.3. The standard InChI is InChI=1S/C7H9F3N2OS/c1-4(11)5-2-12-6(14-5)13-3-7(8,9)10/h2,4H,3,11H2,1H3/t4-/m1/s1. The van der Waals surface area contributed by atoms with Gasteiger partial charge in [-0.25, -0.2) is 4.98 Å². The lowest BCUT2D eigenvalue weighted by Gasteiger charge is -2.05. The van der Waals surface area contributed by atoms with E-state index in [1.807, 2.05) is 0 Å². The first-order chi connectivity index (χ1) is 6.38. The summed E-state index contributed by atoms with van der Waals surface area (Å²) >= 11 is 1.02. The lowest BCUT2D eigenvalue weighted by Crippen LogP contribution is -2.19. The maximum absolute atomic E-state index is 11.7. The fraction of sp³-hybridized carbons (Fsp3) is 0.571. The molecular weight excluding hydrogens is 217 g/mol. The number of hydrogen-bond donors (Lipinski definition) is 1. The molecule has 0 unspecified atom stereocenters. The van der Waals surface area contributed by atoms with Crippen molar-refractivity contribution in [3.05, 3.63) is 11.1 Å². The summed E-state index contributed by atoms with van der Waals surface area (Å²) < 4.78 is 39.6. The van der Waals surface area contributed by atoms with E-state index >= 15 is 0 Å². The van der Waals surface area contributed by atoms with E-state index in [1.165, 1.54) is 6.20 Å². The molecule has 2 N–H and O–H groups in total. The lowest BCUT2D eigenvalue weighted by molar-refractivity contribution is -0.153. The summed E-state index contributed by atoms with van der Waals surface area (Å²) in [7, 11) is 0. The van der Waals surface area contributed by atoms with Crippen molar-refractivity contribution in [1.29, 1.82) is 0 Å². The molecule has 0 radical (unpaired) electrons. The van der Waals surface area contributed by atoms with Crippen molar-refractivity contribution < 1.29 is 17.9 Å². The fourth-order valence-electron chi connectivity index (χ4n) is 0.691. The number of nitrogens with zero attached hydrogens (tertiary/aromatic N) is 1. The molecule has 0 aromatic carbocycles. The minimum Gasteiger partial charge on any atom is -0.460 e. The Kier molecular flexibility index (Phi) is 3.33. The van der Waals surface area contributed by atoms with Gasteiger partial charge in [0.2, 0.25) is 0 Å². The van der Waals surface area contributed by atoms with Crippen molar-refractivity contribution in [1.82, 2.24) is 4.98 Å². The molecule has 0 aliphatic rings. The van der Waals surface area contributed by atoms with Crippen LogP contribution >= 0.6 is 11.3 Å². The van der Waals surface area contributed by atoms with Gasteiger partial charge in [-0.2, -0.15) is 13.2 Å². The summed E-state index contributed by atoms with van der Waals surface area (Å²) in [6, 6.07) is -0.240. The van der Waals surface area contributed by atoms with E-state index in [1.54, 1.807) is 6.92 Å². The van der Waals surface area contributed by atoms with Gasteiger partial charge in [-0.1, -0.05) is 11.3 Å². The summed E-state index contributed by atoms with van der Waals surface area (Å²) in [6.45, 7) is 0.403. The maximum Gasteiger partial charge on any atom is 0.422 e. The highest BCUT2D eigenvalue weighted by Crippen LogP contribution is 2.26. The molecular formula is C7H9F3N2OS. The number of halogens is 3. The molecule has 14 heavy (non-hydrogen) atoms. The molecule has 1 heterocycles. The van der Waals surface area contributed by atoms with E-state index in [-0.39, 0.29) is 11.2 Å². The van der Waals surface area contributed by atoms with Crippen LogP contribution in [0.3, 0.4) is 0 Å². The van der Waals surface area contributed by atoms with E-state index in [0.717, 1.165) is 11.3 Å². The summed E-state index contributed by atoms with van der Waals surface area (Å²) in [6.07, 6.45) is -2.92. The van der Waals surface area contributed by atoms with Crippen LogP contribution in [0.1, 0.15) is 17.8 Å². The number of thiazole rings is 1. The monoisotopic (exact) mass is 226 g/mol. The van der Waals surface area contributed by atoms with Crippen LogP contribution in [-0.2, 0) is 0 Å². The molecule has 0 aliphatic heterocycles. The molecule has 1 aromatic rings. The van der Waals surface area contributed by atoms with E-state index < -0.39 is 12.8 Å². The Morgan fingerprint density at radius 2 is 2.29 bits per heavy atom. The Bertz CT molecular complexity index is 297. The number of rotatable bonds is 3. The highest BCUT2D eigenvalue weighted by Gasteiger charge is 2.29. The van der Waals surface area contributed by atoms with Crippen molar-refractivity contribution in [3.8, 4) is 5.19 Å². The Balaban J connectivity index is 2.52. The molecule has 0 amide bonds. The predicted octanol–water partition coefficient (Wildman–Crippen LogP) is 2.10. The van der Waals surface area contributed by atoms with Gasteiger partial charge in [0.1, 0.15) is 0 Å². The van der Waals surface area contributed by atoms with E-state index in [4.69, 9.17) is 5.73 Å². The molecule has 80 valence electrons. The van der Waals surface area contributed by atoms with Crippen LogP contribution in [0.2, 0.25) is 0 Å². The Morgan fingerprint density at radius 1 is 1.64 bits per heavy atom. The van der Waals surface area contributed by atoms with Crippen LogP contribution in [-0.4, -0.2) is 17.8 Å². The fourth-order valence-corrected chi connectivity index (χ4v) is 1.41. The van der Waals surface area contributed by atoms with Crippen LogP contribution in [0.4, 0.5) is 13.2 Å². The van der Waals surface area contributed by atoms with Crippen molar-refractivity contribution in [2.45, 2.75) is 19.1 Å². The number of alkyl halides is 3. The van der Waals surface area contributed by atoms with Crippen molar-refractivity contribution >= 4 is 11.3 Å². The van der Waals surface area contributed by atoms with Crippen molar-refractivity contribution in [3.63, 3.8) is 0 Å². The van der Waals surface area contributed by atoms with Gasteiger partial charge in [0, 0.05) is 17.1 Å². The largest absolute Gasteiger partial charge is 0.460 e. The highest BCUT2D eigenvalue weighted by molar-refractivity contribution is 7.13. The summed E-state index contributed by atoms with van der Waals surface area (Å²) in [4.78, 5) is 4.35. The van der Waals surface area contributed by atoms with Gasteiger partial charge in [-0.05, 0) is 6.92 Å². The second-order valence-electron chi connectivity index (χ2n) is 2.72. The Morgan fingerprint density at radius 3 is 2.71 bits per heavy atom. The van der Waals surface area contributed by atoms with Gasteiger partial charge >= 0.3 is 6.18 Å². The summed E-state index contributed by atoms with van der Waals surface area (Å²) in [5.74, 6) is 0. The van der Waals surface area contributed by atoms with Gasteiger partial charge in [-0.15, -0.1) is 0 Å². The molecule has 0 saturated heterocycles. The summed E-state index contributed by atoms with van der Waals surface area (Å²) in [5, 5.41) is -0.00498. The van der Waals surface area contributed by atoms with Gasteiger partial charge in [0.05, 0.1) is 0 Å². The third kappa shape index (κ3) is 3.51. The zero-order valence-corrected chi connectivity index (χ0v) is 8.15. The van der Waals surface area contributed by atoms with Crippen LogP contribution in [0.5, 0.6) is 5.19 Å². The number of nitrogens with two attached hydrogens (primary N) is 1. The van der Waals surface area contributed by atoms with Crippen molar-refractivity contribution in [2.75, 3.05) is 6.61 Å². The van der Waals surface area contributed by atoms with E-state index in [0.29, 0.717) is 4.88 Å². The Hall–Kier alpha value is -0.820. The molecule has 0 spiro atoms. The zero-order valence-electron chi connectivity index (χ0n) is 7.34. The topological polar surface area (TPSA) is 48.1 Å². The zero-order chi connectivity index (χ0) is 10.8. The average molecular weight is 226 g/mol. The van der Waals surface area contributed by atoms with Gasteiger partial charge in [0.15, 0.2) is 6.61 Å². The maximum atomic E-state index is 11.7. The van der Waals surface area contributed by atoms with Crippen molar-refractivity contribution in [2.24, 2.45) is 5.73 Å². The van der Waals surface area contributed by atoms with Gasteiger partial charge < -0.3 is 10.5 Å². The average Bonchev–Trinajstić information content (AvgIpc) is 2.47. The van der Waals surface area contributed by atoms with Gasteiger partial charge in [0.25, 0.3) is 5.19 Å². The Labute approximate surface area is 82.7 Å². The number of ether oxygens (including phenoxy) is 1. The molecule has 1 rings (SSSR count). The summed E-state index contributed by atoms with van der Waals surface area (Å²) in [5.41, 5.74) is 5.50. The SMILES string of the molecule is C[C@@H](N)c1cnc(OCC(F)(F)F)s1. The molecule has 0 aliphatic carbocycles. The molecule has 1 atom stereocenters. The smallest absolute Gasteiger partial charge is 0.422 e. The van der Waals surface area contributed by atoms with Crippen LogP contribution in [0.15, 0.2) is 6.20 Å². The third-order valence-corrected chi connectivity index (χ3v) is 2.42. The second kappa shape index (κ2) is 4.14. The number of aromatic nitrogens is 1. The highest BCUT2D eigenvalue weighted by atomic mass is 32.1. The normalized spacial score (nSPS) is 14.1. The van der Waals surface area contributed by atoms with Crippen LogP contribution < -0.4 is 10.5 Å². The molecule has 1 aromatic heterocycles. The molecule has 3 nitrogen and oxygen atoms in total. The van der Waals surface area contributed by atoms with Crippen LogP contribution in [0.25, 0.3) is 0 Å². The first kappa shape index (κ1) is 11.3. The first-order valence-electron chi connectivity index (χ1n) is 3.79. The van der Waals surface area contributed by atoms with E-state index in [9.17, 15) is 13.2 Å². The third-order valence-electron chi connectivity index (χ3n) is 1.31. The second-order valence-corrected chi connectivity index (χ2v) is 3.75. The quantitative estimate of drug-likeness (QED) is 0.858. The minimum absolute atomic E-state index is 0.00498.